The van der Waals surface area contributed by atoms with Gasteiger partial charge in [-0.15, -0.1) is 5.10 Å². The fourth-order valence-electron chi connectivity index (χ4n) is 1.69. The number of tetrazole rings is 1. The second-order valence-electron chi connectivity index (χ2n) is 4.16. The Hall–Kier alpha value is -2.77. The van der Waals surface area contributed by atoms with E-state index in [1.54, 1.807) is 0 Å². The van der Waals surface area contributed by atoms with E-state index >= 15 is 0 Å². The average molecular weight is 275 g/mol. The molecule has 0 aliphatic heterocycles. The zero-order valence-corrected chi connectivity index (χ0v) is 10.5. The Balaban J connectivity index is 1.95. The van der Waals surface area contributed by atoms with Gasteiger partial charge in [0.2, 0.25) is 5.91 Å². The number of benzene rings is 1. The molecule has 0 radical (unpaired) electrons. The van der Waals surface area contributed by atoms with Crippen molar-refractivity contribution in [3.8, 4) is 0 Å². The smallest absolute Gasteiger partial charge is 0.326 e. The molecule has 0 saturated heterocycles. The van der Waals surface area contributed by atoms with Gasteiger partial charge in [-0.25, -0.2) is 9.48 Å². The van der Waals surface area contributed by atoms with Crippen LogP contribution >= 0.6 is 0 Å². The minimum Gasteiger partial charge on any atom is -0.480 e. The lowest BCUT2D eigenvalue weighted by atomic mass is 10.1. The Bertz CT molecular complexity index is 570. The molecule has 1 amide bonds. The van der Waals surface area contributed by atoms with Crippen LogP contribution in [0.15, 0.2) is 36.7 Å². The van der Waals surface area contributed by atoms with Crippen molar-refractivity contribution in [3.63, 3.8) is 0 Å². The Labute approximate surface area is 114 Å². The first-order valence-corrected chi connectivity index (χ1v) is 5.92. The number of hydrogen-bond donors (Lipinski definition) is 2. The first-order valence-electron chi connectivity index (χ1n) is 5.92. The molecule has 0 aliphatic carbocycles. The maximum atomic E-state index is 11.7. The van der Waals surface area contributed by atoms with E-state index in [9.17, 15) is 9.59 Å². The number of amides is 1. The minimum absolute atomic E-state index is 0.119. The molecule has 1 atom stereocenters. The Morgan fingerprint density at radius 3 is 2.65 bits per heavy atom. The monoisotopic (exact) mass is 275 g/mol. The number of carbonyl (C=O) groups excluding carboxylic acids is 1. The van der Waals surface area contributed by atoms with E-state index in [4.69, 9.17) is 5.11 Å². The Morgan fingerprint density at radius 1 is 1.30 bits per heavy atom. The lowest BCUT2D eigenvalue weighted by Crippen LogP contribution is -2.43. The molecular weight excluding hydrogens is 262 g/mol. The van der Waals surface area contributed by atoms with Gasteiger partial charge in [0.1, 0.15) is 18.9 Å². The van der Waals surface area contributed by atoms with Crippen LogP contribution in [-0.2, 0) is 22.6 Å². The summed E-state index contributed by atoms with van der Waals surface area (Å²) in [6.45, 7) is -0.119. The summed E-state index contributed by atoms with van der Waals surface area (Å²) in [6, 6.07) is 8.11. The van der Waals surface area contributed by atoms with Crippen molar-refractivity contribution >= 4 is 11.9 Å². The van der Waals surface area contributed by atoms with Crippen molar-refractivity contribution in [2.24, 2.45) is 0 Å². The summed E-state index contributed by atoms with van der Waals surface area (Å²) in [5.41, 5.74) is 0.836. The number of nitrogens with one attached hydrogen (secondary N) is 1. The number of aliphatic carboxylic acids is 1. The summed E-state index contributed by atoms with van der Waals surface area (Å²) < 4.78 is 1.22. The normalized spacial score (nSPS) is 11.8. The molecule has 8 heteroatoms. The summed E-state index contributed by atoms with van der Waals surface area (Å²) in [4.78, 5) is 22.9. The molecule has 1 aromatic carbocycles. The summed E-state index contributed by atoms with van der Waals surface area (Å²) in [6.07, 6.45) is 1.50. The van der Waals surface area contributed by atoms with Crippen LogP contribution < -0.4 is 5.32 Å². The molecule has 0 unspecified atom stereocenters. The molecule has 20 heavy (non-hydrogen) atoms. The fraction of sp³-hybridized carbons (Fsp3) is 0.250. The minimum atomic E-state index is -1.08. The van der Waals surface area contributed by atoms with E-state index in [1.807, 2.05) is 30.3 Å². The number of carboxylic acid groups (broad SMARTS) is 1. The number of aromatic nitrogens is 4. The zero-order chi connectivity index (χ0) is 14.4. The average Bonchev–Trinajstić information content (AvgIpc) is 2.92. The molecule has 1 heterocycles. The van der Waals surface area contributed by atoms with Crippen LogP contribution in [0.5, 0.6) is 0 Å². The van der Waals surface area contributed by atoms with Gasteiger partial charge in [-0.05, 0) is 16.0 Å². The third-order valence-electron chi connectivity index (χ3n) is 2.61. The molecule has 0 bridgehead atoms. The third kappa shape index (κ3) is 3.87. The van der Waals surface area contributed by atoms with Crippen molar-refractivity contribution in [1.29, 1.82) is 0 Å². The highest BCUT2D eigenvalue weighted by atomic mass is 16.4. The fourth-order valence-corrected chi connectivity index (χ4v) is 1.69. The summed E-state index contributed by atoms with van der Waals surface area (Å²) >= 11 is 0. The molecular formula is C12H13N5O3. The number of carboxylic acids is 1. The number of rotatable bonds is 6. The van der Waals surface area contributed by atoms with Gasteiger partial charge in [0.25, 0.3) is 0 Å². The number of hydrogen-bond acceptors (Lipinski definition) is 5. The summed E-state index contributed by atoms with van der Waals surface area (Å²) in [7, 11) is 0. The van der Waals surface area contributed by atoms with Gasteiger partial charge in [0.15, 0.2) is 0 Å². The van der Waals surface area contributed by atoms with Gasteiger partial charge in [-0.3, -0.25) is 4.79 Å². The van der Waals surface area contributed by atoms with E-state index in [2.05, 4.69) is 20.8 Å². The van der Waals surface area contributed by atoms with Gasteiger partial charge in [0, 0.05) is 6.42 Å². The molecule has 0 fully saturated rings. The van der Waals surface area contributed by atoms with Crippen molar-refractivity contribution in [1.82, 2.24) is 25.5 Å². The molecule has 8 nitrogen and oxygen atoms in total. The van der Waals surface area contributed by atoms with Crippen LogP contribution in [0.2, 0.25) is 0 Å². The largest absolute Gasteiger partial charge is 0.480 e. The second kappa shape index (κ2) is 6.41. The number of carbonyl (C=O) groups is 2. The lowest BCUT2D eigenvalue weighted by Gasteiger charge is -2.14. The Morgan fingerprint density at radius 2 is 2.05 bits per heavy atom. The van der Waals surface area contributed by atoms with Gasteiger partial charge in [0.05, 0.1) is 0 Å². The molecule has 2 N–H and O–H groups in total. The highest BCUT2D eigenvalue weighted by Gasteiger charge is 2.20. The first-order chi connectivity index (χ1) is 9.65. The van der Waals surface area contributed by atoms with E-state index in [0.29, 0.717) is 0 Å². The highest BCUT2D eigenvalue weighted by molar-refractivity contribution is 5.83. The lowest BCUT2D eigenvalue weighted by molar-refractivity contribution is -0.141. The van der Waals surface area contributed by atoms with Gasteiger partial charge >= 0.3 is 5.97 Å². The van der Waals surface area contributed by atoms with Gasteiger partial charge < -0.3 is 10.4 Å². The summed E-state index contributed by atoms with van der Waals surface area (Å²) in [5.74, 6) is -1.54. The molecule has 0 aliphatic rings. The molecule has 104 valence electrons. The first kappa shape index (κ1) is 13.7. The van der Waals surface area contributed by atoms with E-state index < -0.39 is 17.9 Å². The van der Waals surface area contributed by atoms with Crippen LogP contribution in [0.25, 0.3) is 0 Å². The van der Waals surface area contributed by atoms with Crippen LogP contribution in [0, 0.1) is 0 Å². The Kier molecular flexibility index (Phi) is 4.38. The van der Waals surface area contributed by atoms with E-state index in [0.717, 1.165) is 5.56 Å². The molecule has 2 aromatic rings. The predicted molar refractivity (Wildman–Crippen MR) is 67.5 cm³/mol. The second-order valence-corrected chi connectivity index (χ2v) is 4.16. The van der Waals surface area contributed by atoms with Crippen molar-refractivity contribution < 1.29 is 14.7 Å². The highest BCUT2D eigenvalue weighted by Crippen LogP contribution is 2.03. The van der Waals surface area contributed by atoms with Crippen molar-refractivity contribution in [2.75, 3.05) is 0 Å². The molecule has 0 saturated carbocycles. The predicted octanol–water partition coefficient (Wildman–Crippen LogP) is -0.515. The molecule has 0 spiro atoms. The van der Waals surface area contributed by atoms with Crippen LogP contribution in [0.3, 0.4) is 0 Å². The van der Waals surface area contributed by atoms with E-state index in [1.165, 1.54) is 11.0 Å². The standard InChI is InChI=1S/C12H13N5O3/c18-11(7-17-8-13-15-16-17)14-10(12(19)20)6-9-4-2-1-3-5-9/h1-5,8,10H,6-7H2,(H,14,18)(H,19,20)/t10-/m0/s1. The SMILES string of the molecule is O=C(Cn1cnnn1)N[C@@H](Cc1ccccc1)C(=O)O. The van der Waals surface area contributed by atoms with Crippen molar-refractivity contribution in [2.45, 2.75) is 19.0 Å². The van der Waals surface area contributed by atoms with Crippen LogP contribution in [0.1, 0.15) is 5.56 Å². The summed E-state index contributed by atoms with van der Waals surface area (Å²) in [5, 5.41) is 21.9. The van der Waals surface area contributed by atoms with Crippen LogP contribution in [0.4, 0.5) is 0 Å². The topological polar surface area (TPSA) is 110 Å². The molecule has 1 aromatic heterocycles. The third-order valence-corrected chi connectivity index (χ3v) is 2.61. The van der Waals surface area contributed by atoms with E-state index in [-0.39, 0.29) is 13.0 Å². The maximum Gasteiger partial charge on any atom is 0.326 e. The van der Waals surface area contributed by atoms with Gasteiger partial charge in [-0.1, -0.05) is 30.3 Å². The zero-order valence-electron chi connectivity index (χ0n) is 10.5. The van der Waals surface area contributed by atoms with Crippen molar-refractivity contribution in [3.05, 3.63) is 42.2 Å². The quantitative estimate of drug-likeness (QED) is 0.734. The van der Waals surface area contributed by atoms with Gasteiger partial charge in [-0.2, -0.15) is 0 Å². The van der Waals surface area contributed by atoms with Crippen LogP contribution in [-0.4, -0.2) is 43.2 Å². The number of nitrogens with zero attached hydrogens (tertiary/aromatic N) is 4. The molecule has 2 rings (SSSR count). The maximum absolute atomic E-state index is 11.7.